The van der Waals surface area contributed by atoms with Crippen molar-refractivity contribution >= 4 is 320 Å². The van der Waals surface area contributed by atoms with Crippen molar-refractivity contribution in [3.63, 3.8) is 0 Å². The summed E-state index contributed by atoms with van der Waals surface area (Å²) in [5.41, 5.74) is 31.5. The maximum absolute atomic E-state index is 7.18. The molecule has 0 aliphatic rings. The van der Waals surface area contributed by atoms with Crippen LogP contribution in [0.25, 0.3) is 252 Å². The first-order chi connectivity index (χ1) is 72.4. The molecule has 0 bridgehead atoms. The van der Waals surface area contributed by atoms with Gasteiger partial charge in [-0.2, -0.15) is 0 Å². The highest BCUT2D eigenvalue weighted by Gasteiger charge is 2.37. The Morgan fingerprint density at radius 2 is 0.336 bits per heavy atom. The number of hydrogen-bond acceptors (Lipinski definition) is 12. The van der Waals surface area contributed by atoms with Crippen LogP contribution >= 0.6 is 0 Å². The van der Waals surface area contributed by atoms with Crippen LogP contribution in [0, 0.1) is 0 Å². The van der Waals surface area contributed by atoms with Crippen LogP contribution in [0.2, 0.25) is 0 Å². The number of hydrogen-bond donors (Lipinski definition) is 0. The average molecular weight is 1870 g/mol. The molecule has 0 saturated carbocycles. The van der Waals surface area contributed by atoms with Crippen molar-refractivity contribution in [2.24, 2.45) is 0 Å². The Kier molecular flexibility index (Phi) is 16.1. The second-order valence-corrected chi connectivity index (χ2v) is 38.2. The molecule has 14 nitrogen and oxygen atoms in total. The van der Waals surface area contributed by atoms with Gasteiger partial charge in [0.05, 0.1) is 39.5 Å². The van der Waals surface area contributed by atoms with Crippen LogP contribution in [-0.2, 0) is 0 Å². The Balaban J connectivity index is 0.000000128. The predicted molar refractivity (Wildman–Crippen MR) is 599 cm³/mol. The third-order valence-corrected chi connectivity index (χ3v) is 30.5. The van der Waals surface area contributed by atoms with Crippen LogP contribution < -0.4 is 19.6 Å². The molecule has 12 heterocycles. The van der Waals surface area contributed by atoms with E-state index in [1.807, 2.05) is 42.5 Å². The van der Waals surface area contributed by atoms with E-state index in [0.29, 0.717) is 0 Å². The standard InChI is InChI=1S/2C66H37N3O4/c1-3-17-38(18-4-1)67(40-33-34-58-48(35-40)42-22-8-11-29-54(42)70-58)52-36-49-43-23-9-13-31-56(43)72-65(49)62-59(52)46-26-15-27-47-60-53(37-50-44-24-10-14-32-57(44)73-66(50)63(60)69(62)61(46)47)68(39-19-5-2-6-20-39)51-28-16-25-45-41-21-7-12-30-55(41)71-64(45)51;1-3-16-38(17-4-1)67(40-30-32-58-48(34-40)42-20-7-11-26-54(42)70-58)52-36-50-44-22-9-13-28-56(44)72-65(50)63-60(52)46-24-15-25-47-61-53(37-51-45-23-10-14-29-57(45)73-66(51)64(61)69(63)62(46)47)68(39-18-5-2-6-19-39)41-31-33-59-49(35-41)43-21-8-12-27-55(43)71-59/h2*1-37H. The topological polar surface area (TPSA) is 127 Å². The molecule has 0 radical (unpaired) electrons. The number of para-hydroxylation sites is 15. The van der Waals surface area contributed by atoms with E-state index in [2.05, 4.69) is 435 Å². The summed E-state index contributed by atoms with van der Waals surface area (Å²) in [5, 5.41) is 25.4. The molecule has 0 fully saturated rings. The lowest BCUT2D eigenvalue weighted by Crippen LogP contribution is -2.11. The predicted octanol–water partition coefficient (Wildman–Crippen LogP) is 38.7. The first-order valence-corrected chi connectivity index (χ1v) is 49.3. The van der Waals surface area contributed by atoms with Gasteiger partial charge in [-0.05, 0) is 182 Å². The van der Waals surface area contributed by atoms with Gasteiger partial charge < -0.3 is 63.7 Å². The van der Waals surface area contributed by atoms with Gasteiger partial charge in [-0.1, -0.05) is 267 Å². The Hall–Kier alpha value is -20.0. The van der Waals surface area contributed by atoms with E-state index in [4.69, 9.17) is 35.3 Å². The molecule has 22 aromatic carbocycles. The van der Waals surface area contributed by atoms with Crippen LogP contribution in [0.5, 0.6) is 0 Å². The molecule has 0 spiro atoms. The number of nitrogens with zero attached hydrogens (tertiary/aromatic N) is 6. The van der Waals surface area contributed by atoms with E-state index >= 15 is 0 Å². The molecule has 0 amide bonds. The number of benzene rings is 22. The Morgan fingerprint density at radius 1 is 0.123 bits per heavy atom. The van der Waals surface area contributed by atoms with Crippen molar-refractivity contribution in [2.45, 2.75) is 0 Å². The van der Waals surface area contributed by atoms with Gasteiger partial charge in [0, 0.05) is 169 Å². The maximum atomic E-state index is 7.18. The van der Waals surface area contributed by atoms with Crippen molar-refractivity contribution in [1.29, 1.82) is 0 Å². The Labute approximate surface area is 827 Å². The first-order valence-electron chi connectivity index (χ1n) is 49.3. The summed E-state index contributed by atoms with van der Waals surface area (Å²) in [6.45, 7) is 0. The van der Waals surface area contributed by atoms with Crippen LogP contribution in [0.1, 0.15) is 0 Å². The molecule has 680 valence electrons. The van der Waals surface area contributed by atoms with Crippen molar-refractivity contribution in [1.82, 2.24) is 8.80 Å². The molecule has 0 aliphatic carbocycles. The van der Waals surface area contributed by atoms with Crippen LogP contribution in [0.4, 0.5) is 68.2 Å². The quantitative estimate of drug-likeness (QED) is 0.116. The average Bonchev–Trinajstić information content (AvgIpc) is 1.50. The van der Waals surface area contributed by atoms with Gasteiger partial charge in [-0.25, -0.2) is 0 Å². The molecule has 34 rings (SSSR count). The molecule has 0 atom stereocenters. The summed E-state index contributed by atoms with van der Waals surface area (Å²) in [7, 11) is 0. The van der Waals surface area contributed by atoms with E-state index in [-0.39, 0.29) is 0 Å². The smallest absolute Gasteiger partial charge is 0.160 e. The van der Waals surface area contributed by atoms with E-state index in [9.17, 15) is 0 Å². The van der Waals surface area contributed by atoms with Crippen LogP contribution in [0.15, 0.2) is 484 Å². The lowest BCUT2D eigenvalue weighted by atomic mass is 10.0. The molecule has 0 N–H and O–H groups in total. The van der Waals surface area contributed by atoms with Crippen LogP contribution in [0.3, 0.4) is 0 Å². The minimum Gasteiger partial charge on any atom is -0.456 e. The number of rotatable bonds is 12. The van der Waals surface area contributed by atoms with E-state index < -0.39 is 0 Å². The van der Waals surface area contributed by atoms with Crippen molar-refractivity contribution in [3.8, 4) is 0 Å². The lowest BCUT2D eigenvalue weighted by Gasteiger charge is -2.27. The van der Waals surface area contributed by atoms with Gasteiger partial charge >= 0.3 is 0 Å². The van der Waals surface area contributed by atoms with Crippen molar-refractivity contribution < 1.29 is 35.3 Å². The van der Waals surface area contributed by atoms with Gasteiger partial charge in [0.1, 0.15) is 83.5 Å². The molecule has 0 aliphatic heterocycles. The third-order valence-electron chi connectivity index (χ3n) is 30.5. The molecule has 14 heteroatoms. The molecule has 0 unspecified atom stereocenters. The summed E-state index contributed by atoms with van der Waals surface area (Å²) < 4.78 is 59.7. The summed E-state index contributed by atoms with van der Waals surface area (Å²) in [5.74, 6) is 0. The zero-order valence-electron chi connectivity index (χ0n) is 77.7. The van der Waals surface area contributed by atoms with Gasteiger partial charge in [-0.3, -0.25) is 0 Å². The van der Waals surface area contributed by atoms with Gasteiger partial charge in [-0.15, -0.1) is 0 Å². The fourth-order valence-corrected chi connectivity index (χ4v) is 24.4. The SMILES string of the molecule is c1ccc(N(c2ccc3oc4ccccc4c3c2)c2cc3c4ccccc4oc3c3c2c2cccc4c5c(N(c6ccccc6)c6ccc7oc8ccccc8c7c6)cc6c7ccccc7oc6c5n3c24)cc1.c1ccc(N(c2ccc3oc4ccccc4c3c2)c2cc3c4ccccc4oc3c3c2c2cccc4c5c(N(c6ccccc6)c6cccc7c6oc6ccccc67)cc6c7ccccc7oc6c5n3c24)cc1. The molecule has 146 heavy (non-hydrogen) atoms. The zero-order chi connectivity index (χ0) is 94.9. The first kappa shape index (κ1) is 78.9. The minimum absolute atomic E-state index is 0.803. The van der Waals surface area contributed by atoms with Crippen LogP contribution in [-0.4, -0.2) is 8.80 Å². The molecule has 34 aromatic rings. The van der Waals surface area contributed by atoms with E-state index in [0.717, 1.165) is 320 Å². The molecular formula is C132H74N6O8. The highest BCUT2D eigenvalue weighted by Crippen LogP contribution is 2.60. The van der Waals surface area contributed by atoms with Gasteiger partial charge in [0.2, 0.25) is 0 Å². The van der Waals surface area contributed by atoms with E-state index in [1.54, 1.807) is 0 Å². The van der Waals surface area contributed by atoms with Crippen molar-refractivity contribution in [3.05, 3.63) is 449 Å². The molecule has 0 saturated heterocycles. The fraction of sp³-hybridized carbons (Fsp3) is 0. The second kappa shape index (κ2) is 29.8. The number of aromatic nitrogens is 2. The minimum atomic E-state index is 0.803. The van der Waals surface area contributed by atoms with Gasteiger partial charge in [0.15, 0.2) is 27.9 Å². The lowest BCUT2D eigenvalue weighted by molar-refractivity contribution is 0.668. The number of anilines is 12. The number of furan rings is 8. The molecular weight excluding hydrogens is 1800 g/mol. The third kappa shape index (κ3) is 11.0. The van der Waals surface area contributed by atoms with Gasteiger partial charge in [0.25, 0.3) is 0 Å². The largest absolute Gasteiger partial charge is 0.456 e. The fourth-order valence-electron chi connectivity index (χ4n) is 24.4. The second-order valence-electron chi connectivity index (χ2n) is 38.2. The summed E-state index contributed by atoms with van der Waals surface area (Å²) in [6, 6.07) is 158. The Morgan fingerprint density at radius 3 is 0.630 bits per heavy atom. The monoisotopic (exact) mass is 1870 g/mol. The normalized spacial score (nSPS) is 12.4. The van der Waals surface area contributed by atoms with Crippen molar-refractivity contribution in [2.75, 3.05) is 19.6 Å². The summed E-state index contributed by atoms with van der Waals surface area (Å²) >= 11 is 0. The highest BCUT2D eigenvalue weighted by molar-refractivity contribution is 6.39. The van der Waals surface area contributed by atoms with E-state index in [1.165, 1.54) is 0 Å². The Bertz CT molecular complexity index is 11200. The highest BCUT2D eigenvalue weighted by atomic mass is 16.4. The summed E-state index contributed by atoms with van der Waals surface area (Å²) in [6.07, 6.45) is 0. The molecule has 12 aromatic heterocycles. The maximum Gasteiger partial charge on any atom is 0.160 e. The summed E-state index contributed by atoms with van der Waals surface area (Å²) in [4.78, 5) is 9.60. The zero-order valence-corrected chi connectivity index (χ0v) is 77.7. The number of fused-ring (bicyclic) bond motifs is 40.